The fourth-order valence-corrected chi connectivity index (χ4v) is 1.86. The van der Waals surface area contributed by atoms with Crippen LogP contribution in [0.3, 0.4) is 0 Å². The number of hydrogen-bond acceptors (Lipinski definition) is 4. The first-order valence-corrected chi connectivity index (χ1v) is 5.09. The number of fused-ring (bicyclic) bond motifs is 1. The van der Waals surface area contributed by atoms with Crippen LogP contribution in [-0.4, -0.2) is 29.3 Å². The quantitative estimate of drug-likeness (QED) is 0.588. The summed E-state index contributed by atoms with van der Waals surface area (Å²) >= 11 is 0. The van der Waals surface area contributed by atoms with Crippen molar-refractivity contribution in [3.8, 4) is 0 Å². The van der Waals surface area contributed by atoms with Gasteiger partial charge in [0, 0.05) is 6.42 Å². The van der Waals surface area contributed by atoms with Crippen molar-refractivity contribution in [2.75, 3.05) is 0 Å². The van der Waals surface area contributed by atoms with Crippen LogP contribution < -0.4 is 11.2 Å². The van der Waals surface area contributed by atoms with E-state index in [1.807, 2.05) is 0 Å². The number of hydrogen-bond donors (Lipinski definition) is 3. The predicted octanol–water partition coefficient (Wildman–Crippen LogP) is -1.00. The lowest BCUT2D eigenvalue weighted by atomic mass is 9.78. The van der Waals surface area contributed by atoms with E-state index in [1.165, 1.54) is 12.1 Å². The third kappa shape index (κ3) is 2.17. The molecule has 1 aromatic carbocycles. The van der Waals surface area contributed by atoms with Gasteiger partial charge in [0.1, 0.15) is 11.9 Å². The van der Waals surface area contributed by atoms with Crippen molar-refractivity contribution >= 4 is 18.6 Å². The number of halogens is 1. The molecule has 0 saturated carbocycles. The Labute approximate surface area is 97.1 Å². The fourth-order valence-electron chi connectivity index (χ4n) is 1.86. The Morgan fingerprint density at radius 1 is 1.65 bits per heavy atom. The van der Waals surface area contributed by atoms with Crippen LogP contribution in [0.15, 0.2) is 12.1 Å². The summed E-state index contributed by atoms with van der Waals surface area (Å²) < 4.78 is 18.6. The maximum absolute atomic E-state index is 13.6. The molecule has 0 spiro atoms. The Bertz CT molecular complexity index is 468. The molecule has 0 aromatic heterocycles. The van der Waals surface area contributed by atoms with Gasteiger partial charge >= 0.3 is 13.1 Å². The maximum atomic E-state index is 13.6. The van der Waals surface area contributed by atoms with Gasteiger partial charge in [0.25, 0.3) is 0 Å². The normalized spacial score (nSPS) is 15.8. The van der Waals surface area contributed by atoms with E-state index in [2.05, 4.69) is 0 Å². The van der Waals surface area contributed by atoms with Crippen LogP contribution in [0.2, 0.25) is 0 Å². The summed E-state index contributed by atoms with van der Waals surface area (Å²) in [7, 11) is -1.08. The monoisotopic (exact) mass is 239 g/mol. The first-order chi connectivity index (χ1) is 8.00. The van der Waals surface area contributed by atoms with E-state index >= 15 is 0 Å². The molecule has 1 aliphatic heterocycles. The van der Waals surface area contributed by atoms with Gasteiger partial charge < -0.3 is 20.5 Å². The average Bonchev–Trinajstić information content (AvgIpc) is 2.64. The summed E-state index contributed by atoms with van der Waals surface area (Å²) in [5.41, 5.74) is 6.55. The largest absolute Gasteiger partial charge is 0.491 e. The Morgan fingerprint density at radius 3 is 3.00 bits per heavy atom. The van der Waals surface area contributed by atoms with Gasteiger partial charge in [-0.15, -0.1) is 0 Å². The molecular formula is C10H11BFNO4. The molecule has 1 aliphatic rings. The van der Waals surface area contributed by atoms with Crippen LogP contribution in [-0.2, 0) is 22.5 Å². The van der Waals surface area contributed by atoms with E-state index in [1.54, 1.807) is 0 Å². The second-order valence-corrected chi connectivity index (χ2v) is 3.91. The van der Waals surface area contributed by atoms with E-state index in [0.29, 0.717) is 11.0 Å². The smallest absolute Gasteiger partial charge is 0.480 e. The summed E-state index contributed by atoms with van der Waals surface area (Å²) in [6.45, 7) is 0.0654. The number of benzene rings is 1. The lowest BCUT2D eigenvalue weighted by molar-refractivity contribution is -0.138. The van der Waals surface area contributed by atoms with Gasteiger partial charge in [0.2, 0.25) is 0 Å². The molecule has 4 N–H and O–H groups in total. The third-order valence-corrected chi connectivity index (χ3v) is 2.80. The van der Waals surface area contributed by atoms with Gasteiger partial charge in [-0.1, -0.05) is 6.07 Å². The first kappa shape index (κ1) is 12.0. The van der Waals surface area contributed by atoms with E-state index in [9.17, 15) is 14.2 Å². The van der Waals surface area contributed by atoms with Gasteiger partial charge in [-0.2, -0.15) is 0 Å². The molecule has 1 unspecified atom stereocenters. The Morgan fingerprint density at radius 2 is 2.35 bits per heavy atom. The van der Waals surface area contributed by atoms with Crippen molar-refractivity contribution in [2.45, 2.75) is 19.1 Å². The Balaban J connectivity index is 2.37. The van der Waals surface area contributed by atoms with Gasteiger partial charge in [-0.05, 0) is 22.7 Å². The topological polar surface area (TPSA) is 92.8 Å². The van der Waals surface area contributed by atoms with E-state index in [4.69, 9.17) is 15.5 Å². The molecular weight excluding hydrogens is 228 g/mol. The Hall–Kier alpha value is -1.44. The van der Waals surface area contributed by atoms with E-state index in [-0.39, 0.29) is 18.6 Å². The lowest BCUT2D eigenvalue weighted by Crippen LogP contribution is -2.34. The van der Waals surface area contributed by atoms with Crippen molar-refractivity contribution in [1.82, 2.24) is 0 Å². The van der Waals surface area contributed by atoms with E-state index in [0.717, 1.165) is 0 Å². The second kappa shape index (κ2) is 4.44. The second-order valence-electron chi connectivity index (χ2n) is 3.91. The molecule has 1 heterocycles. The number of rotatable bonds is 3. The molecule has 0 fully saturated rings. The third-order valence-electron chi connectivity index (χ3n) is 2.80. The van der Waals surface area contributed by atoms with Gasteiger partial charge in [-0.25, -0.2) is 4.39 Å². The molecule has 0 amide bonds. The minimum absolute atomic E-state index is 0.0654. The molecule has 0 radical (unpaired) electrons. The number of aliphatic carboxylic acids is 1. The molecule has 1 aromatic rings. The highest BCUT2D eigenvalue weighted by Crippen LogP contribution is 2.19. The molecule has 17 heavy (non-hydrogen) atoms. The average molecular weight is 239 g/mol. The highest BCUT2D eigenvalue weighted by Gasteiger charge is 2.31. The summed E-state index contributed by atoms with van der Waals surface area (Å²) in [4.78, 5) is 10.7. The first-order valence-electron chi connectivity index (χ1n) is 5.09. The van der Waals surface area contributed by atoms with Crippen LogP contribution in [0.1, 0.15) is 11.1 Å². The summed E-state index contributed by atoms with van der Waals surface area (Å²) in [5, 5.41) is 18.2. The van der Waals surface area contributed by atoms with Crippen molar-refractivity contribution in [3.63, 3.8) is 0 Å². The Kier molecular flexibility index (Phi) is 3.14. The highest BCUT2D eigenvalue weighted by molar-refractivity contribution is 6.61. The molecule has 0 saturated heterocycles. The molecule has 5 nitrogen and oxygen atoms in total. The van der Waals surface area contributed by atoms with Crippen molar-refractivity contribution < 1.29 is 24.0 Å². The van der Waals surface area contributed by atoms with E-state index < -0.39 is 24.9 Å². The highest BCUT2D eigenvalue weighted by atomic mass is 19.1. The lowest BCUT2D eigenvalue weighted by Gasteiger charge is -2.11. The minimum Gasteiger partial charge on any atom is -0.480 e. The van der Waals surface area contributed by atoms with Gasteiger partial charge in [0.05, 0.1) is 6.61 Å². The van der Waals surface area contributed by atoms with Crippen molar-refractivity contribution in [3.05, 3.63) is 29.1 Å². The van der Waals surface area contributed by atoms with Crippen LogP contribution in [0, 0.1) is 5.82 Å². The zero-order valence-electron chi connectivity index (χ0n) is 8.89. The van der Waals surface area contributed by atoms with Crippen LogP contribution in [0.25, 0.3) is 0 Å². The number of carbonyl (C=O) groups is 1. The number of nitrogens with two attached hydrogens (primary N) is 1. The minimum atomic E-state index is -1.19. The number of carboxylic acid groups (broad SMARTS) is 1. The fraction of sp³-hybridized carbons (Fsp3) is 0.300. The molecule has 90 valence electrons. The zero-order chi connectivity index (χ0) is 12.6. The summed E-state index contributed by atoms with van der Waals surface area (Å²) in [6.07, 6.45) is -0.125. The molecule has 7 heteroatoms. The van der Waals surface area contributed by atoms with Crippen LogP contribution >= 0.6 is 0 Å². The standard InChI is InChI=1S/C10H11BFNO4/c12-8-2-1-7-6(4-17-11(7)16)5(8)3-9(13)10(14)15/h1-2,9,16H,3-4,13H2,(H,14,15). The van der Waals surface area contributed by atoms with Crippen molar-refractivity contribution in [2.24, 2.45) is 5.73 Å². The molecule has 0 aliphatic carbocycles. The molecule has 2 rings (SSSR count). The maximum Gasteiger partial charge on any atom is 0.491 e. The molecule has 0 bridgehead atoms. The SMILES string of the molecule is NC(Cc1c(F)ccc2c1COB2O)C(=O)O. The van der Waals surface area contributed by atoms with Gasteiger partial charge in [0.15, 0.2) is 0 Å². The predicted molar refractivity (Wildman–Crippen MR) is 58.1 cm³/mol. The van der Waals surface area contributed by atoms with Crippen LogP contribution in [0.5, 0.6) is 0 Å². The summed E-state index contributed by atoms with van der Waals surface area (Å²) in [6, 6.07) is 1.44. The molecule has 1 atom stereocenters. The number of carboxylic acids is 1. The van der Waals surface area contributed by atoms with Crippen LogP contribution in [0.4, 0.5) is 4.39 Å². The summed E-state index contributed by atoms with van der Waals surface area (Å²) in [5.74, 6) is -1.72. The van der Waals surface area contributed by atoms with Gasteiger partial charge in [-0.3, -0.25) is 4.79 Å². The van der Waals surface area contributed by atoms with Crippen molar-refractivity contribution in [1.29, 1.82) is 0 Å². The zero-order valence-corrected chi connectivity index (χ0v) is 8.89.